The summed E-state index contributed by atoms with van der Waals surface area (Å²) >= 11 is 0. The molecule has 2 aromatic rings. The van der Waals surface area contributed by atoms with Crippen LogP contribution in [0.25, 0.3) is 10.9 Å². The Morgan fingerprint density at radius 2 is 2.20 bits per heavy atom. The van der Waals surface area contributed by atoms with Gasteiger partial charge in [-0.05, 0) is 30.7 Å². The van der Waals surface area contributed by atoms with E-state index in [2.05, 4.69) is 16.4 Å². The summed E-state index contributed by atoms with van der Waals surface area (Å²) < 4.78 is 0. The van der Waals surface area contributed by atoms with Gasteiger partial charge in [-0.15, -0.1) is 0 Å². The van der Waals surface area contributed by atoms with Crippen molar-refractivity contribution in [2.75, 3.05) is 18.5 Å². The van der Waals surface area contributed by atoms with Gasteiger partial charge in [0.15, 0.2) is 0 Å². The number of nitrogens with zero attached hydrogens (tertiary/aromatic N) is 1. The van der Waals surface area contributed by atoms with Gasteiger partial charge in [0.1, 0.15) is 0 Å². The molecule has 2 rings (SSSR count). The third kappa shape index (κ3) is 2.44. The molecule has 1 aromatic heterocycles. The van der Waals surface area contributed by atoms with Crippen LogP contribution < -0.4 is 5.32 Å². The van der Waals surface area contributed by atoms with Crippen molar-refractivity contribution in [2.24, 2.45) is 0 Å². The van der Waals surface area contributed by atoms with E-state index in [0.717, 1.165) is 29.6 Å². The fraction of sp³-hybridized carbons (Fsp3) is 0.250. The molecule has 0 atom stereocenters. The summed E-state index contributed by atoms with van der Waals surface area (Å²) in [5, 5.41) is 13.0. The average molecular weight is 202 g/mol. The number of aliphatic hydroxyl groups excluding tert-OH is 1. The van der Waals surface area contributed by atoms with E-state index in [-0.39, 0.29) is 6.61 Å². The number of anilines is 1. The number of hydrogen-bond acceptors (Lipinski definition) is 3. The number of aliphatic hydroxyl groups is 1. The maximum atomic E-state index is 8.67. The van der Waals surface area contributed by atoms with Crippen LogP contribution in [-0.2, 0) is 0 Å². The minimum Gasteiger partial charge on any atom is -0.396 e. The van der Waals surface area contributed by atoms with Crippen molar-refractivity contribution in [3.8, 4) is 0 Å². The van der Waals surface area contributed by atoms with Gasteiger partial charge in [0.2, 0.25) is 0 Å². The van der Waals surface area contributed by atoms with Gasteiger partial charge in [0.05, 0.1) is 5.52 Å². The minimum absolute atomic E-state index is 0.224. The van der Waals surface area contributed by atoms with Crippen molar-refractivity contribution < 1.29 is 5.11 Å². The summed E-state index contributed by atoms with van der Waals surface area (Å²) in [6.07, 6.45) is 2.56. The van der Waals surface area contributed by atoms with Gasteiger partial charge in [-0.3, -0.25) is 4.98 Å². The average Bonchev–Trinajstić information content (AvgIpc) is 2.29. The maximum absolute atomic E-state index is 8.67. The number of rotatable bonds is 4. The monoisotopic (exact) mass is 202 g/mol. The quantitative estimate of drug-likeness (QED) is 0.746. The van der Waals surface area contributed by atoms with E-state index in [1.54, 1.807) is 6.20 Å². The Bertz CT molecular complexity index is 442. The van der Waals surface area contributed by atoms with E-state index in [0.29, 0.717) is 0 Å². The lowest BCUT2D eigenvalue weighted by atomic mass is 10.2. The van der Waals surface area contributed by atoms with E-state index in [4.69, 9.17) is 5.11 Å². The Balaban J connectivity index is 2.16. The van der Waals surface area contributed by atoms with Crippen LogP contribution in [0.1, 0.15) is 6.42 Å². The van der Waals surface area contributed by atoms with Crippen molar-refractivity contribution in [2.45, 2.75) is 6.42 Å². The number of fused-ring (bicyclic) bond motifs is 1. The molecular formula is C12H14N2O. The van der Waals surface area contributed by atoms with Crippen molar-refractivity contribution in [3.05, 3.63) is 36.5 Å². The molecule has 0 bridgehead atoms. The highest BCUT2D eigenvalue weighted by Gasteiger charge is 1.95. The van der Waals surface area contributed by atoms with Crippen LogP contribution in [0.3, 0.4) is 0 Å². The van der Waals surface area contributed by atoms with Gasteiger partial charge < -0.3 is 10.4 Å². The lowest BCUT2D eigenvalue weighted by Gasteiger charge is -2.05. The van der Waals surface area contributed by atoms with E-state index < -0.39 is 0 Å². The molecule has 3 heteroatoms. The Labute approximate surface area is 88.8 Å². The highest BCUT2D eigenvalue weighted by atomic mass is 16.3. The Kier molecular flexibility index (Phi) is 3.15. The van der Waals surface area contributed by atoms with E-state index in [1.165, 1.54) is 0 Å². The first kappa shape index (κ1) is 9.93. The fourth-order valence-electron chi connectivity index (χ4n) is 1.50. The van der Waals surface area contributed by atoms with Gasteiger partial charge in [-0.25, -0.2) is 0 Å². The molecule has 0 unspecified atom stereocenters. The van der Waals surface area contributed by atoms with Gasteiger partial charge in [0, 0.05) is 30.4 Å². The topological polar surface area (TPSA) is 45.1 Å². The van der Waals surface area contributed by atoms with Crippen molar-refractivity contribution in [1.82, 2.24) is 4.98 Å². The first-order valence-corrected chi connectivity index (χ1v) is 5.09. The maximum Gasteiger partial charge on any atom is 0.0703 e. The summed E-state index contributed by atoms with van der Waals surface area (Å²) in [5.74, 6) is 0. The second-order valence-electron chi connectivity index (χ2n) is 3.41. The number of aromatic nitrogens is 1. The fourth-order valence-corrected chi connectivity index (χ4v) is 1.50. The predicted molar refractivity (Wildman–Crippen MR) is 61.9 cm³/mol. The van der Waals surface area contributed by atoms with Crippen molar-refractivity contribution in [1.29, 1.82) is 0 Å². The summed E-state index contributed by atoms with van der Waals surface area (Å²) in [5.41, 5.74) is 2.08. The molecule has 78 valence electrons. The minimum atomic E-state index is 0.224. The first-order valence-electron chi connectivity index (χ1n) is 5.09. The molecule has 0 aliphatic heterocycles. The van der Waals surface area contributed by atoms with Gasteiger partial charge in [-0.2, -0.15) is 0 Å². The smallest absolute Gasteiger partial charge is 0.0703 e. The third-order valence-corrected chi connectivity index (χ3v) is 2.27. The van der Waals surface area contributed by atoms with Crippen molar-refractivity contribution >= 4 is 16.6 Å². The number of nitrogens with one attached hydrogen (secondary N) is 1. The molecule has 0 radical (unpaired) electrons. The number of hydrogen-bond donors (Lipinski definition) is 2. The standard InChI is InChI=1S/C12H14N2O/c15-8-2-7-13-11-4-5-12-10(9-11)3-1-6-14-12/h1,3-6,9,13,15H,2,7-8H2. The Morgan fingerprint density at radius 1 is 1.27 bits per heavy atom. The molecule has 3 nitrogen and oxygen atoms in total. The molecule has 2 N–H and O–H groups in total. The van der Waals surface area contributed by atoms with Crippen LogP contribution in [-0.4, -0.2) is 23.2 Å². The van der Waals surface area contributed by atoms with Gasteiger partial charge >= 0.3 is 0 Å². The normalized spacial score (nSPS) is 10.5. The Hall–Kier alpha value is -1.61. The molecule has 1 aromatic carbocycles. The lowest BCUT2D eigenvalue weighted by Crippen LogP contribution is -2.03. The van der Waals surface area contributed by atoms with E-state index >= 15 is 0 Å². The van der Waals surface area contributed by atoms with Crippen LogP contribution in [0.2, 0.25) is 0 Å². The highest BCUT2D eigenvalue weighted by molar-refractivity contribution is 5.82. The zero-order chi connectivity index (χ0) is 10.5. The molecule has 0 aliphatic rings. The zero-order valence-corrected chi connectivity index (χ0v) is 8.48. The molecule has 0 amide bonds. The summed E-state index contributed by atoms with van der Waals surface area (Å²) in [7, 11) is 0. The van der Waals surface area contributed by atoms with Gasteiger partial charge in [0.25, 0.3) is 0 Å². The number of pyridine rings is 1. The molecule has 0 aliphatic carbocycles. The molecule has 0 saturated heterocycles. The van der Waals surface area contributed by atoms with Crippen LogP contribution >= 0.6 is 0 Å². The third-order valence-electron chi connectivity index (χ3n) is 2.27. The second kappa shape index (κ2) is 4.75. The van der Waals surface area contributed by atoms with Crippen LogP contribution in [0.4, 0.5) is 5.69 Å². The highest BCUT2D eigenvalue weighted by Crippen LogP contribution is 2.16. The summed E-state index contributed by atoms with van der Waals surface area (Å²) in [6, 6.07) is 10.0. The first-order chi connectivity index (χ1) is 7.40. The largest absolute Gasteiger partial charge is 0.396 e. The SMILES string of the molecule is OCCCNc1ccc2ncccc2c1. The summed E-state index contributed by atoms with van der Waals surface area (Å²) in [4.78, 5) is 4.25. The Morgan fingerprint density at radius 3 is 3.07 bits per heavy atom. The van der Waals surface area contributed by atoms with Crippen LogP contribution in [0.15, 0.2) is 36.5 Å². The van der Waals surface area contributed by atoms with Crippen LogP contribution in [0.5, 0.6) is 0 Å². The molecule has 0 fully saturated rings. The molecule has 0 saturated carbocycles. The second-order valence-corrected chi connectivity index (χ2v) is 3.41. The molecule has 0 spiro atoms. The zero-order valence-electron chi connectivity index (χ0n) is 8.48. The number of benzene rings is 1. The van der Waals surface area contributed by atoms with E-state index in [9.17, 15) is 0 Å². The predicted octanol–water partition coefficient (Wildman–Crippen LogP) is 2.03. The molecular weight excluding hydrogens is 188 g/mol. The molecule has 15 heavy (non-hydrogen) atoms. The lowest BCUT2D eigenvalue weighted by molar-refractivity contribution is 0.292. The van der Waals surface area contributed by atoms with E-state index in [1.807, 2.05) is 24.3 Å². The molecule has 1 heterocycles. The van der Waals surface area contributed by atoms with Crippen molar-refractivity contribution in [3.63, 3.8) is 0 Å². The summed E-state index contributed by atoms with van der Waals surface area (Å²) in [6.45, 7) is 1.02. The van der Waals surface area contributed by atoms with Crippen LogP contribution in [0, 0.1) is 0 Å². The van der Waals surface area contributed by atoms with Gasteiger partial charge in [-0.1, -0.05) is 6.07 Å².